The first-order chi connectivity index (χ1) is 13.3. The van der Waals surface area contributed by atoms with Crippen molar-refractivity contribution >= 4 is 11.0 Å². The third-order valence-electron chi connectivity index (χ3n) is 5.54. The van der Waals surface area contributed by atoms with E-state index >= 15 is 0 Å². The SMILES string of the molecule is Cc1cc(C2CCN(C)CC2)c2oc(-c3ccc(O)c(O)c3)c(O)c(=O)c2c1. The van der Waals surface area contributed by atoms with E-state index in [0.717, 1.165) is 37.1 Å². The van der Waals surface area contributed by atoms with Crippen molar-refractivity contribution in [2.45, 2.75) is 25.7 Å². The average Bonchev–Trinajstić information content (AvgIpc) is 2.67. The Morgan fingerprint density at radius 3 is 2.43 bits per heavy atom. The molecule has 3 aromatic rings. The molecule has 0 amide bonds. The number of rotatable bonds is 2. The number of phenols is 2. The van der Waals surface area contributed by atoms with Crippen LogP contribution in [0.5, 0.6) is 17.2 Å². The molecule has 146 valence electrons. The van der Waals surface area contributed by atoms with Crippen LogP contribution >= 0.6 is 0 Å². The number of phenolic OH excluding ortho intramolecular Hbond substituents is 2. The summed E-state index contributed by atoms with van der Waals surface area (Å²) in [6.45, 7) is 3.88. The minimum absolute atomic E-state index is 0.00849. The lowest BCUT2D eigenvalue weighted by atomic mass is 9.87. The highest BCUT2D eigenvalue weighted by molar-refractivity contribution is 5.85. The molecule has 0 spiro atoms. The summed E-state index contributed by atoms with van der Waals surface area (Å²) in [7, 11) is 2.10. The van der Waals surface area contributed by atoms with Gasteiger partial charge in [-0.15, -0.1) is 0 Å². The summed E-state index contributed by atoms with van der Waals surface area (Å²) in [6, 6.07) is 7.83. The molecule has 0 radical (unpaired) electrons. The van der Waals surface area contributed by atoms with Crippen molar-refractivity contribution < 1.29 is 19.7 Å². The number of likely N-dealkylation sites (tertiary alicyclic amines) is 1. The second kappa shape index (κ2) is 6.87. The maximum absolute atomic E-state index is 12.9. The van der Waals surface area contributed by atoms with Gasteiger partial charge in [0, 0.05) is 5.56 Å². The fraction of sp³-hybridized carbons (Fsp3) is 0.318. The number of nitrogens with zero attached hydrogens (tertiary/aromatic N) is 1. The third-order valence-corrected chi connectivity index (χ3v) is 5.54. The smallest absolute Gasteiger partial charge is 0.235 e. The Balaban J connectivity index is 1.95. The van der Waals surface area contributed by atoms with E-state index in [1.807, 2.05) is 6.92 Å². The Hall–Kier alpha value is -2.99. The highest BCUT2D eigenvalue weighted by Crippen LogP contribution is 2.39. The van der Waals surface area contributed by atoms with E-state index in [1.54, 1.807) is 6.07 Å². The van der Waals surface area contributed by atoms with Gasteiger partial charge >= 0.3 is 0 Å². The summed E-state index contributed by atoms with van der Waals surface area (Å²) in [5, 5.41) is 30.2. The normalized spacial score (nSPS) is 15.9. The van der Waals surface area contributed by atoms with Gasteiger partial charge < -0.3 is 24.6 Å². The summed E-state index contributed by atoms with van der Waals surface area (Å²) >= 11 is 0. The van der Waals surface area contributed by atoms with Gasteiger partial charge in [-0.1, -0.05) is 6.07 Å². The van der Waals surface area contributed by atoms with Crippen LogP contribution in [0.25, 0.3) is 22.3 Å². The molecule has 1 saturated heterocycles. The molecule has 1 aliphatic heterocycles. The Labute approximate surface area is 162 Å². The van der Waals surface area contributed by atoms with E-state index in [1.165, 1.54) is 18.2 Å². The Kier molecular flexibility index (Phi) is 4.51. The van der Waals surface area contributed by atoms with E-state index in [2.05, 4.69) is 18.0 Å². The van der Waals surface area contributed by atoms with Crippen LogP contribution in [0.4, 0.5) is 0 Å². The number of piperidine rings is 1. The summed E-state index contributed by atoms with van der Waals surface area (Å²) in [4.78, 5) is 15.2. The number of aromatic hydroxyl groups is 3. The first kappa shape index (κ1) is 18.4. The van der Waals surface area contributed by atoms with Crippen LogP contribution in [0.15, 0.2) is 39.5 Å². The lowest BCUT2D eigenvalue weighted by Gasteiger charge is -2.29. The number of aryl methyl sites for hydroxylation is 1. The van der Waals surface area contributed by atoms with Crippen molar-refractivity contribution in [1.82, 2.24) is 4.90 Å². The topological polar surface area (TPSA) is 94.1 Å². The molecule has 1 aromatic heterocycles. The zero-order valence-electron chi connectivity index (χ0n) is 15.9. The van der Waals surface area contributed by atoms with Crippen molar-refractivity contribution in [1.29, 1.82) is 0 Å². The molecular formula is C22H23NO5. The summed E-state index contributed by atoms with van der Waals surface area (Å²) in [5.74, 6) is -0.871. The zero-order valence-corrected chi connectivity index (χ0v) is 15.9. The summed E-state index contributed by atoms with van der Waals surface area (Å²) in [6.07, 6.45) is 1.93. The summed E-state index contributed by atoms with van der Waals surface area (Å²) in [5.41, 5.74) is 2.22. The lowest BCUT2D eigenvalue weighted by molar-refractivity contribution is 0.255. The van der Waals surface area contributed by atoms with Gasteiger partial charge in [-0.05, 0) is 81.2 Å². The molecule has 0 unspecified atom stereocenters. The van der Waals surface area contributed by atoms with Crippen molar-refractivity contribution in [3.8, 4) is 28.6 Å². The molecule has 1 aliphatic rings. The van der Waals surface area contributed by atoms with Crippen LogP contribution in [-0.2, 0) is 0 Å². The van der Waals surface area contributed by atoms with E-state index < -0.39 is 11.2 Å². The lowest BCUT2D eigenvalue weighted by Crippen LogP contribution is -2.29. The standard InChI is InChI=1S/C22H23NO5/c1-12-9-15(13-5-7-23(2)8-6-13)22-16(10-12)19(26)20(27)21(28-22)14-3-4-17(24)18(25)11-14/h3-4,9-11,13,24-25,27H,5-8H2,1-2H3. The average molecular weight is 381 g/mol. The van der Waals surface area contributed by atoms with Crippen molar-refractivity contribution in [3.05, 3.63) is 51.7 Å². The monoisotopic (exact) mass is 381 g/mol. The largest absolute Gasteiger partial charge is 0.504 e. The highest BCUT2D eigenvalue weighted by atomic mass is 16.4. The number of fused-ring (bicyclic) bond motifs is 1. The molecule has 3 N–H and O–H groups in total. The van der Waals surface area contributed by atoms with E-state index in [4.69, 9.17) is 4.42 Å². The first-order valence-corrected chi connectivity index (χ1v) is 9.36. The van der Waals surface area contributed by atoms with E-state index in [9.17, 15) is 20.1 Å². The molecule has 4 rings (SSSR count). The Morgan fingerprint density at radius 2 is 1.75 bits per heavy atom. The molecule has 0 aliphatic carbocycles. The molecule has 6 nitrogen and oxygen atoms in total. The van der Waals surface area contributed by atoms with Gasteiger partial charge in [-0.3, -0.25) is 4.79 Å². The maximum Gasteiger partial charge on any atom is 0.235 e. The van der Waals surface area contributed by atoms with Gasteiger partial charge in [0.05, 0.1) is 5.39 Å². The van der Waals surface area contributed by atoms with Crippen LogP contribution in [0.3, 0.4) is 0 Å². The number of hydrogen-bond donors (Lipinski definition) is 3. The van der Waals surface area contributed by atoms with Crippen LogP contribution in [-0.4, -0.2) is 40.4 Å². The van der Waals surface area contributed by atoms with Crippen molar-refractivity contribution in [2.75, 3.05) is 20.1 Å². The van der Waals surface area contributed by atoms with Crippen LogP contribution in [0, 0.1) is 6.92 Å². The fourth-order valence-corrected chi connectivity index (χ4v) is 3.95. The predicted molar refractivity (Wildman–Crippen MR) is 107 cm³/mol. The Morgan fingerprint density at radius 1 is 1.04 bits per heavy atom. The molecule has 0 saturated carbocycles. The minimum Gasteiger partial charge on any atom is -0.504 e. The molecule has 1 fully saturated rings. The number of benzene rings is 2. The predicted octanol–water partition coefficient (Wildman–Crippen LogP) is 3.69. The van der Waals surface area contributed by atoms with Gasteiger partial charge in [0.1, 0.15) is 5.58 Å². The fourth-order valence-electron chi connectivity index (χ4n) is 3.95. The van der Waals surface area contributed by atoms with E-state index in [-0.39, 0.29) is 23.2 Å². The van der Waals surface area contributed by atoms with Gasteiger partial charge in [0.2, 0.25) is 11.2 Å². The van der Waals surface area contributed by atoms with Crippen molar-refractivity contribution in [3.63, 3.8) is 0 Å². The molecule has 0 bridgehead atoms. The van der Waals surface area contributed by atoms with Gasteiger partial charge in [0.15, 0.2) is 17.3 Å². The second-order valence-corrected chi connectivity index (χ2v) is 7.62. The molecular weight excluding hydrogens is 358 g/mol. The quantitative estimate of drug-likeness (QED) is 0.586. The molecule has 6 heteroatoms. The van der Waals surface area contributed by atoms with Crippen LogP contribution in [0.1, 0.15) is 29.9 Å². The zero-order chi connectivity index (χ0) is 20.0. The van der Waals surface area contributed by atoms with Gasteiger partial charge in [0.25, 0.3) is 0 Å². The minimum atomic E-state index is -0.502. The van der Waals surface area contributed by atoms with Crippen LogP contribution < -0.4 is 5.43 Å². The van der Waals surface area contributed by atoms with Gasteiger partial charge in [-0.2, -0.15) is 0 Å². The maximum atomic E-state index is 12.9. The first-order valence-electron chi connectivity index (χ1n) is 9.36. The van der Waals surface area contributed by atoms with Crippen LogP contribution in [0.2, 0.25) is 0 Å². The molecule has 2 heterocycles. The third kappa shape index (κ3) is 3.10. The second-order valence-electron chi connectivity index (χ2n) is 7.62. The molecule has 2 aromatic carbocycles. The van der Waals surface area contributed by atoms with Gasteiger partial charge in [-0.25, -0.2) is 0 Å². The van der Waals surface area contributed by atoms with Crippen molar-refractivity contribution in [2.24, 2.45) is 0 Å². The highest BCUT2D eigenvalue weighted by Gasteiger charge is 2.25. The molecule has 0 atom stereocenters. The Bertz CT molecular complexity index is 1110. The molecule has 28 heavy (non-hydrogen) atoms. The number of hydrogen-bond acceptors (Lipinski definition) is 6. The summed E-state index contributed by atoms with van der Waals surface area (Å²) < 4.78 is 6.06. The van der Waals surface area contributed by atoms with E-state index in [0.29, 0.717) is 16.5 Å².